The molecular formula is C16H15ClN2O5S. The molecule has 0 fully saturated rings. The Morgan fingerprint density at radius 1 is 1.24 bits per heavy atom. The van der Waals surface area contributed by atoms with Gasteiger partial charge in [0.15, 0.2) is 9.84 Å². The molecule has 9 heteroatoms. The van der Waals surface area contributed by atoms with Gasteiger partial charge >= 0.3 is 0 Å². The number of non-ortho nitro benzene ring substituents is 1. The normalized spacial score (nSPS) is 11.1. The molecular weight excluding hydrogens is 368 g/mol. The fraction of sp³-hybridized carbons (Fsp3) is 0.188. The summed E-state index contributed by atoms with van der Waals surface area (Å²) in [5.74, 6) is -0.799. The summed E-state index contributed by atoms with van der Waals surface area (Å²) in [6.45, 7) is 1.73. The van der Waals surface area contributed by atoms with Crippen LogP contribution in [0.4, 0.5) is 11.4 Å². The molecule has 0 atom stereocenters. The van der Waals surface area contributed by atoms with E-state index in [1.54, 1.807) is 6.92 Å². The van der Waals surface area contributed by atoms with Crippen LogP contribution in [0.25, 0.3) is 0 Å². The number of nitro benzene ring substituents is 1. The molecule has 0 aliphatic rings. The number of benzene rings is 2. The number of nitrogens with one attached hydrogen (secondary N) is 1. The molecule has 0 saturated carbocycles. The molecule has 2 rings (SSSR count). The highest BCUT2D eigenvalue weighted by Gasteiger charge is 2.22. The van der Waals surface area contributed by atoms with Gasteiger partial charge in [-0.25, -0.2) is 8.42 Å². The van der Waals surface area contributed by atoms with E-state index in [0.717, 1.165) is 6.07 Å². The van der Waals surface area contributed by atoms with E-state index in [4.69, 9.17) is 11.6 Å². The molecule has 0 unspecified atom stereocenters. The SMILES string of the molecule is CCCS(=O)(=O)c1ccccc1C(=O)Nc1cc([N+](=O)[O-])ccc1Cl. The number of nitro groups is 1. The first-order chi connectivity index (χ1) is 11.8. The van der Waals surface area contributed by atoms with Crippen molar-refractivity contribution in [3.63, 3.8) is 0 Å². The number of rotatable bonds is 6. The van der Waals surface area contributed by atoms with Crippen LogP contribution in [0.2, 0.25) is 5.02 Å². The van der Waals surface area contributed by atoms with Gasteiger partial charge in [-0.05, 0) is 24.6 Å². The molecule has 2 aromatic rings. The van der Waals surface area contributed by atoms with Gasteiger partial charge in [0.05, 0.1) is 31.8 Å². The molecule has 0 bridgehead atoms. The number of nitrogens with zero attached hydrogens (tertiary/aromatic N) is 1. The molecule has 0 heterocycles. The van der Waals surface area contributed by atoms with Gasteiger partial charge in [-0.15, -0.1) is 0 Å². The summed E-state index contributed by atoms with van der Waals surface area (Å²) in [4.78, 5) is 22.7. The monoisotopic (exact) mass is 382 g/mol. The first kappa shape index (κ1) is 18.9. The summed E-state index contributed by atoms with van der Waals surface area (Å²) in [6, 6.07) is 9.41. The van der Waals surface area contributed by atoms with Gasteiger partial charge in [-0.3, -0.25) is 14.9 Å². The Bertz CT molecular complexity index is 928. The molecule has 0 saturated heterocycles. The summed E-state index contributed by atoms with van der Waals surface area (Å²) in [6.07, 6.45) is 0.412. The van der Waals surface area contributed by atoms with Crippen LogP contribution < -0.4 is 5.32 Å². The van der Waals surface area contributed by atoms with E-state index in [2.05, 4.69) is 5.32 Å². The Morgan fingerprint density at radius 3 is 2.56 bits per heavy atom. The highest BCUT2D eigenvalue weighted by Crippen LogP contribution is 2.28. The summed E-state index contributed by atoms with van der Waals surface area (Å²) in [5.41, 5.74) is -0.256. The molecule has 7 nitrogen and oxygen atoms in total. The smallest absolute Gasteiger partial charge is 0.271 e. The number of carbonyl (C=O) groups is 1. The standard InChI is InChI=1S/C16H15ClN2O5S/c1-2-9-25(23,24)15-6-4-3-5-12(15)16(20)18-14-10-11(19(21)22)7-8-13(14)17/h3-8,10H,2,9H2,1H3,(H,18,20). The molecule has 2 aromatic carbocycles. The lowest BCUT2D eigenvalue weighted by molar-refractivity contribution is -0.384. The van der Waals surface area contributed by atoms with Crippen molar-refractivity contribution in [1.82, 2.24) is 0 Å². The zero-order valence-electron chi connectivity index (χ0n) is 13.2. The van der Waals surface area contributed by atoms with Crippen LogP contribution in [0.3, 0.4) is 0 Å². The van der Waals surface area contributed by atoms with Gasteiger partial charge < -0.3 is 5.32 Å². The van der Waals surface area contributed by atoms with Crippen LogP contribution in [0.15, 0.2) is 47.4 Å². The number of hydrogen-bond acceptors (Lipinski definition) is 5. The Hall–Kier alpha value is -2.45. The van der Waals surface area contributed by atoms with E-state index < -0.39 is 20.7 Å². The van der Waals surface area contributed by atoms with Crippen LogP contribution in [0.1, 0.15) is 23.7 Å². The molecule has 25 heavy (non-hydrogen) atoms. The van der Waals surface area contributed by atoms with E-state index in [1.807, 2.05) is 0 Å². The Labute approximate surface area is 149 Å². The third kappa shape index (κ3) is 4.34. The average Bonchev–Trinajstić information content (AvgIpc) is 2.56. The Kier molecular flexibility index (Phi) is 5.76. The molecule has 0 aromatic heterocycles. The number of hydrogen-bond donors (Lipinski definition) is 1. The minimum Gasteiger partial charge on any atom is -0.320 e. The minimum atomic E-state index is -3.61. The second kappa shape index (κ2) is 7.62. The number of amides is 1. The van der Waals surface area contributed by atoms with Gasteiger partial charge in [0.2, 0.25) is 0 Å². The summed E-state index contributed by atoms with van der Waals surface area (Å²) >= 11 is 5.96. The largest absolute Gasteiger partial charge is 0.320 e. The predicted molar refractivity (Wildman–Crippen MR) is 94.8 cm³/mol. The Morgan fingerprint density at radius 2 is 1.92 bits per heavy atom. The molecule has 1 amide bonds. The Balaban J connectivity index is 2.41. The lowest BCUT2D eigenvalue weighted by Crippen LogP contribution is -2.18. The summed E-state index contributed by atoms with van der Waals surface area (Å²) in [5, 5.41) is 13.4. The topological polar surface area (TPSA) is 106 Å². The van der Waals surface area contributed by atoms with Crippen LogP contribution in [0.5, 0.6) is 0 Å². The van der Waals surface area contributed by atoms with Gasteiger partial charge in [0.25, 0.3) is 11.6 Å². The van der Waals surface area contributed by atoms with E-state index in [9.17, 15) is 23.3 Å². The highest BCUT2D eigenvalue weighted by molar-refractivity contribution is 7.91. The number of carbonyl (C=O) groups excluding carboxylic acids is 1. The molecule has 0 aliphatic heterocycles. The second-order valence-corrected chi connectivity index (χ2v) is 7.68. The predicted octanol–water partition coefficient (Wildman–Crippen LogP) is 3.68. The van der Waals surface area contributed by atoms with Crippen LogP contribution >= 0.6 is 11.6 Å². The van der Waals surface area contributed by atoms with Crippen molar-refractivity contribution in [3.05, 3.63) is 63.2 Å². The van der Waals surface area contributed by atoms with Crippen molar-refractivity contribution < 1.29 is 18.1 Å². The molecule has 1 N–H and O–H groups in total. The van der Waals surface area contributed by atoms with E-state index >= 15 is 0 Å². The number of anilines is 1. The third-order valence-electron chi connectivity index (χ3n) is 3.35. The zero-order valence-corrected chi connectivity index (χ0v) is 14.8. The number of sulfone groups is 1. The zero-order chi connectivity index (χ0) is 18.6. The molecule has 0 aliphatic carbocycles. The van der Waals surface area contributed by atoms with Gasteiger partial charge in [0.1, 0.15) is 0 Å². The van der Waals surface area contributed by atoms with Gasteiger partial charge in [0, 0.05) is 12.1 Å². The maximum absolute atomic E-state index is 12.5. The summed E-state index contributed by atoms with van der Waals surface area (Å²) in [7, 11) is -3.61. The number of halogens is 1. The lowest BCUT2D eigenvalue weighted by atomic mass is 10.2. The van der Waals surface area contributed by atoms with E-state index in [1.165, 1.54) is 36.4 Å². The lowest BCUT2D eigenvalue weighted by Gasteiger charge is -2.11. The third-order valence-corrected chi connectivity index (χ3v) is 5.65. The van der Waals surface area contributed by atoms with Crippen molar-refractivity contribution in [1.29, 1.82) is 0 Å². The van der Waals surface area contributed by atoms with Crippen molar-refractivity contribution in [2.75, 3.05) is 11.1 Å². The van der Waals surface area contributed by atoms with Crippen molar-refractivity contribution in [2.24, 2.45) is 0 Å². The first-order valence-corrected chi connectivity index (χ1v) is 9.36. The van der Waals surface area contributed by atoms with Crippen molar-refractivity contribution >= 4 is 38.7 Å². The fourth-order valence-electron chi connectivity index (χ4n) is 2.22. The van der Waals surface area contributed by atoms with Gasteiger partial charge in [-0.1, -0.05) is 30.7 Å². The maximum atomic E-state index is 12.5. The van der Waals surface area contributed by atoms with E-state index in [0.29, 0.717) is 6.42 Å². The average molecular weight is 383 g/mol. The van der Waals surface area contributed by atoms with Gasteiger partial charge in [-0.2, -0.15) is 0 Å². The molecule has 0 radical (unpaired) electrons. The highest BCUT2D eigenvalue weighted by atomic mass is 35.5. The first-order valence-electron chi connectivity index (χ1n) is 7.33. The fourth-order valence-corrected chi connectivity index (χ4v) is 3.92. The van der Waals surface area contributed by atoms with Crippen LogP contribution in [-0.4, -0.2) is 25.0 Å². The van der Waals surface area contributed by atoms with E-state index in [-0.39, 0.29) is 32.6 Å². The molecule has 132 valence electrons. The van der Waals surface area contributed by atoms with Crippen molar-refractivity contribution in [2.45, 2.75) is 18.2 Å². The summed E-state index contributed by atoms with van der Waals surface area (Å²) < 4.78 is 24.6. The minimum absolute atomic E-state index is 0.0311. The van der Waals surface area contributed by atoms with Crippen molar-refractivity contribution in [3.8, 4) is 0 Å². The quantitative estimate of drug-likeness (QED) is 0.605. The second-order valence-electron chi connectivity index (χ2n) is 5.19. The maximum Gasteiger partial charge on any atom is 0.271 e. The molecule has 0 spiro atoms. The van der Waals surface area contributed by atoms with Crippen LogP contribution in [0, 0.1) is 10.1 Å². The van der Waals surface area contributed by atoms with Crippen LogP contribution in [-0.2, 0) is 9.84 Å².